The number of sulfonamides is 1. The summed E-state index contributed by atoms with van der Waals surface area (Å²) in [6, 6.07) is 7.00. The molecular formula is C14H24N2O3S. The van der Waals surface area contributed by atoms with Gasteiger partial charge in [0.05, 0.1) is 11.5 Å². The molecule has 1 rings (SSSR count). The van der Waals surface area contributed by atoms with Gasteiger partial charge in [-0.15, -0.1) is 0 Å². The molecule has 0 aliphatic rings. The van der Waals surface area contributed by atoms with Gasteiger partial charge in [0.1, 0.15) is 0 Å². The molecule has 0 heterocycles. The van der Waals surface area contributed by atoms with E-state index in [0.717, 1.165) is 18.4 Å². The van der Waals surface area contributed by atoms with E-state index in [1.807, 2.05) is 13.0 Å². The van der Waals surface area contributed by atoms with Crippen LogP contribution in [0.1, 0.15) is 38.3 Å². The lowest BCUT2D eigenvalue weighted by molar-refractivity contribution is 0.157. The van der Waals surface area contributed by atoms with Gasteiger partial charge in [0.2, 0.25) is 10.0 Å². The molecule has 2 unspecified atom stereocenters. The van der Waals surface area contributed by atoms with Crippen molar-refractivity contribution < 1.29 is 13.2 Å². The third-order valence-electron chi connectivity index (χ3n) is 3.18. The average Bonchev–Trinajstić information content (AvgIpc) is 2.38. The number of benzene rings is 1. The van der Waals surface area contributed by atoms with E-state index in [-0.39, 0.29) is 17.0 Å². The molecule has 0 aliphatic carbocycles. The van der Waals surface area contributed by atoms with Crippen molar-refractivity contribution in [3.05, 3.63) is 29.8 Å². The van der Waals surface area contributed by atoms with E-state index in [1.165, 1.54) is 6.07 Å². The third-order valence-corrected chi connectivity index (χ3v) is 4.09. The van der Waals surface area contributed by atoms with Crippen LogP contribution in [0.15, 0.2) is 29.2 Å². The fraction of sp³-hybridized carbons (Fsp3) is 0.571. The van der Waals surface area contributed by atoms with Crippen molar-refractivity contribution in [1.82, 2.24) is 5.32 Å². The van der Waals surface area contributed by atoms with E-state index < -0.39 is 10.0 Å². The predicted molar refractivity (Wildman–Crippen MR) is 79.9 cm³/mol. The van der Waals surface area contributed by atoms with Gasteiger partial charge < -0.3 is 10.1 Å². The van der Waals surface area contributed by atoms with Gasteiger partial charge in [0, 0.05) is 19.2 Å². The molecule has 3 N–H and O–H groups in total. The molecule has 0 radical (unpaired) electrons. The van der Waals surface area contributed by atoms with Gasteiger partial charge in [-0.05, 0) is 31.0 Å². The Morgan fingerprint density at radius 2 is 2.10 bits per heavy atom. The lowest BCUT2D eigenvalue weighted by Crippen LogP contribution is -2.35. The van der Waals surface area contributed by atoms with Crippen molar-refractivity contribution >= 4 is 10.0 Å². The number of nitrogens with two attached hydrogens (primary N) is 1. The number of nitrogens with one attached hydrogen (secondary N) is 1. The van der Waals surface area contributed by atoms with Gasteiger partial charge in [-0.1, -0.05) is 25.5 Å². The van der Waals surface area contributed by atoms with Crippen LogP contribution in [0.5, 0.6) is 0 Å². The summed E-state index contributed by atoms with van der Waals surface area (Å²) in [5.74, 6) is 0. The van der Waals surface area contributed by atoms with Crippen LogP contribution >= 0.6 is 0 Å². The van der Waals surface area contributed by atoms with Crippen LogP contribution in [-0.4, -0.2) is 28.2 Å². The zero-order valence-corrected chi connectivity index (χ0v) is 13.1. The van der Waals surface area contributed by atoms with Gasteiger partial charge >= 0.3 is 0 Å². The molecule has 0 saturated heterocycles. The second-order valence-electron chi connectivity index (χ2n) is 4.95. The Bertz CT molecular complexity index is 511. The van der Waals surface area contributed by atoms with Gasteiger partial charge in [0.25, 0.3) is 0 Å². The highest BCUT2D eigenvalue weighted by molar-refractivity contribution is 7.89. The first-order valence-corrected chi connectivity index (χ1v) is 8.30. The van der Waals surface area contributed by atoms with Crippen LogP contribution < -0.4 is 10.5 Å². The standard InChI is InChI=1S/C14H24N2O3S/c1-4-6-13(10-19-3)16-11(2)12-7-5-8-14(9-12)20(15,17)18/h5,7-9,11,13,16H,4,6,10H2,1-3H3,(H2,15,17,18). The quantitative estimate of drug-likeness (QED) is 0.767. The topological polar surface area (TPSA) is 81.4 Å². The minimum atomic E-state index is -3.66. The first-order chi connectivity index (χ1) is 9.38. The van der Waals surface area contributed by atoms with Gasteiger partial charge in [-0.3, -0.25) is 0 Å². The normalized spacial score (nSPS) is 15.0. The summed E-state index contributed by atoms with van der Waals surface area (Å²) in [7, 11) is -1.98. The molecule has 1 aromatic rings. The van der Waals surface area contributed by atoms with Gasteiger partial charge in [-0.2, -0.15) is 0 Å². The van der Waals surface area contributed by atoms with Crippen LogP contribution in [0.2, 0.25) is 0 Å². The summed E-state index contributed by atoms with van der Waals surface area (Å²) in [4.78, 5) is 0.141. The highest BCUT2D eigenvalue weighted by atomic mass is 32.2. The van der Waals surface area contributed by atoms with E-state index in [0.29, 0.717) is 6.61 Å². The maximum Gasteiger partial charge on any atom is 0.238 e. The summed E-state index contributed by atoms with van der Waals surface area (Å²) in [5.41, 5.74) is 0.897. The lowest BCUT2D eigenvalue weighted by Gasteiger charge is -2.23. The Labute approximate surface area is 121 Å². The van der Waals surface area contributed by atoms with Crippen LogP contribution in [0, 0.1) is 0 Å². The number of hydrogen-bond acceptors (Lipinski definition) is 4. The Morgan fingerprint density at radius 3 is 2.65 bits per heavy atom. The number of methoxy groups -OCH3 is 1. The SMILES string of the molecule is CCCC(COC)NC(C)c1cccc(S(N)(=O)=O)c1. The first-order valence-electron chi connectivity index (χ1n) is 6.76. The molecule has 5 nitrogen and oxygen atoms in total. The zero-order chi connectivity index (χ0) is 15.2. The first kappa shape index (κ1) is 17.1. The van der Waals surface area contributed by atoms with Crippen molar-refractivity contribution in [3.63, 3.8) is 0 Å². The van der Waals surface area contributed by atoms with Gasteiger partial charge in [-0.25, -0.2) is 13.6 Å². The second-order valence-corrected chi connectivity index (χ2v) is 6.51. The molecule has 114 valence electrons. The van der Waals surface area contributed by atoms with Gasteiger partial charge in [0.15, 0.2) is 0 Å². The Morgan fingerprint density at radius 1 is 1.40 bits per heavy atom. The smallest absolute Gasteiger partial charge is 0.238 e. The summed E-state index contributed by atoms with van der Waals surface area (Å²) in [6.45, 7) is 4.75. The number of hydrogen-bond donors (Lipinski definition) is 2. The highest BCUT2D eigenvalue weighted by Gasteiger charge is 2.15. The summed E-state index contributed by atoms with van der Waals surface area (Å²) >= 11 is 0. The largest absolute Gasteiger partial charge is 0.383 e. The molecule has 1 aromatic carbocycles. The third kappa shape index (κ3) is 5.20. The molecule has 20 heavy (non-hydrogen) atoms. The number of primary sulfonamides is 1. The minimum absolute atomic E-state index is 0.0309. The molecule has 0 spiro atoms. The van der Waals surface area contributed by atoms with E-state index >= 15 is 0 Å². The van der Waals surface area contributed by atoms with E-state index in [1.54, 1.807) is 19.2 Å². The summed E-state index contributed by atoms with van der Waals surface area (Å²) in [5, 5.41) is 8.61. The lowest BCUT2D eigenvalue weighted by atomic mass is 10.1. The molecule has 0 aromatic heterocycles. The molecule has 0 bridgehead atoms. The molecule has 0 amide bonds. The fourth-order valence-electron chi connectivity index (χ4n) is 2.18. The molecule has 6 heteroatoms. The second kappa shape index (κ2) is 7.73. The van der Waals surface area contributed by atoms with Crippen LogP contribution in [0.3, 0.4) is 0 Å². The summed E-state index contributed by atoms with van der Waals surface area (Å²) in [6.07, 6.45) is 2.07. The molecule has 0 saturated carbocycles. The minimum Gasteiger partial charge on any atom is -0.383 e. The average molecular weight is 300 g/mol. The van der Waals surface area contributed by atoms with E-state index in [4.69, 9.17) is 9.88 Å². The Kier molecular flexibility index (Phi) is 6.61. The summed E-state index contributed by atoms with van der Waals surface area (Å²) < 4.78 is 27.9. The van der Waals surface area contributed by atoms with Crippen LogP contribution in [-0.2, 0) is 14.8 Å². The maximum atomic E-state index is 11.4. The molecule has 2 atom stereocenters. The zero-order valence-electron chi connectivity index (χ0n) is 12.3. The van der Waals surface area contributed by atoms with Crippen molar-refractivity contribution in [2.24, 2.45) is 5.14 Å². The predicted octanol–water partition coefficient (Wildman–Crippen LogP) is 1.80. The fourth-order valence-corrected chi connectivity index (χ4v) is 2.74. The van der Waals surface area contributed by atoms with E-state index in [2.05, 4.69) is 12.2 Å². The van der Waals surface area contributed by atoms with Crippen LogP contribution in [0.25, 0.3) is 0 Å². The molecule has 0 fully saturated rings. The van der Waals surface area contributed by atoms with E-state index in [9.17, 15) is 8.42 Å². The van der Waals surface area contributed by atoms with Crippen molar-refractivity contribution in [2.75, 3.05) is 13.7 Å². The molecule has 0 aliphatic heterocycles. The highest BCUT2D eigenvalue weighted by Crippen LogP contribution is 2.18. The van der Waals surface area contributed by atoms with Crippen LogP contribution in [0.4, 0.5) is 0 Å². The maximum absolute atomic E-state index is 11.4. The van der Waals surface area contributed by atoms with Crippen molar-refractivity contribution in [3.8, 4) is 0 Å². The number of ether oxygens (including phenoxy) is 1. The Hall–Kier alpha value is -0.950. The Balaban J connectivity index is 2.83. The van der Waals surface area contributed by atoms with Crippen molar-refractivity contribution in [1.29, 1.82) is 0 Å². The number of rotatable bonds is 8. The monoisotopic (exact) mass is 300 g/mol. The van der Waals surface area contributed by atoms with Crippen molar-refractivity contribution in [2.45, 2.75) is 43.7 Å². The molecular weight excluding hydrogens is 276 g/mol.